The van der Waals surface area contributed by atoms with Crippen LogP contribution in [0.2, 0.25) is 0 Å². The summed E-state index contributed by atoms with van der Waals surface area (Å²) >= 11 is 0. The minimum absolute atomic E-state index is 0.0277. The molecule has 0 bridgehead atoms. The number of carbonyl (C=O) groups is 3. The molecule has 45 heavy (non-hydrogen) atoms. The molecule has 0 saturated heterocycles. The fourth-order valence-corrected chi connectivity index (χ4v) is 5.30. The van der Waals surface area contributed by atoms with Crippen LogP contribution in [0, 0.1) is 6.92 Å². The standard InChI is InChI=1S/C28H24N2O2.C9H8O4/c1-32-28(31)18-23-19-30(16-15-20-7-3-2-4-8-20)27-14-12-22(17-24(23)27)26-13-11-21-9-5-6-10-25(21)29-26;1-5-6(8(10)11)3-2-4-7(5)9(12)13/h2-14,17,19H,15-16,18H2,1H3;2-4H,1H3,(H,10,11)(H,12,13). The molecule has 0 aliphatic heterocycles. The van der Waals surface area contributed by atoms with Crippen molar-refractivity contribution in [3.8, 4) is 11.3 Å². The zero-order chi connectivity index (χ0) is 31.9. The summed E-state index contributed by atoms with van der Waals surface area (Å²) in [5.41, 5.74) is 6.65. The van der Waals surface area contributed by atoms with Crippen LogP contribution in [-0.4, -0.2) is 44.8 Å². The van der Waals surface area contributed by atoms with Crippen LogP contribution in [0.5, 0.6) is 0 Å². The first-order valence-electron chi connectivity index (χ1n) is 14.4. The molecule has 6 rings (SSSR count). The van der Waals surface area contributed by atoms with Crippen molar-refractivity contribution in [2.45, 2.75) is 26.3 Å². The maximum atomic E-state index is 12.1. The lowest BCUT2D eigenvalue weighted by Gasteiger charge is -2.07. The second kappa shape index (κ2) is 13.7. The van der Waals surface area contributed by atoms with E-state index in [1.807, 2.05) is 24.3 Å². The van der Waals surface area contributed by atoms with Gasteiger partial charge in [-0.15, -0.1) is 0 Å². The number of aromatic carboxylic acids is 2. The van der Waals surface area contributed by atoms with Gasteiger partial charge in [0.15, 0.2) is 0 Å². The Balaban J connectivity index is 0.000000259. The summed E-state index contributed by atoms with van der Waals surface area (Å²) in [6, 6.07) is 33.3. The number of fused-ring (bicyclic) bond motifs is 2. The molecule has 0 radical (unpaired) electrons. The quantitative estimate of drug-likeness (QED) is 0.177. The molecule has 0 fully saturated rings. The van der Waals surface area contributed by atoms with Gasteiger partial charge in [0, 0.05) is 34.6 Å². The fraction of sp³-hybridized carbons (Fsp3) is 0.135. The van der Waals surface area contributed by atoms with E-state index in [9.17, 15) is 14.4 Å². The number of esters is 1. The van der Waals surface area contributed by atoms with Gasteiger partial charge in [0.05, 0.1) is 35.9 Å². The number of hydrogen-bond acceptors (Lipinski definition) is 5. The molecule has 0 aliphatic carbocycles. The van der Waals surface area contributed by atoms with Gasteiger partial charge >= 0.3 is 17.9 Å². The zero-order valence-corrected chi connectivity index (χ0v) is 24.9. The van der Waals surface area contributed by atoms with Crippen LogP contribution in [0.4, 0.5) is 0 Å². The summed E-state index contributed by atoms with van der Waals surface area (Å²) in [4.78, 5) is 38.1. The van der Waals surface area contributed by atoms with Crippen LogP contribution in [0.1, 0.15) is 37.4 Å². The number of benzene rings is 4. The first-order chi connectivity index (χ1) is 21.7. The molecule has 0 unspecified atom stereocenters. The minimum Gasteiger partial charge on any atom is -0.478 e. The second-order valence-electron chi connectivity index (χ2n) is 10.5. The Kier molecular flexibility index (Phi) is 9.34. The van der Waals surface area contributed by atoms with Gasteiger partial charge in [0.1, 0.15) is 0 Å². The maximum Gasteiger partial charge on any atom is 0.335 e. The van der Waals surface area contributed by atoms with E-state index in [2.05, 4.69) is 71.4 Å². The Morgan fingerprint density at radius 1 is 0.800 bits per heavy atom. The van der Waals surface area contributed by atoms with Crippen molar-refractivity contribution in [2.24, 2.45) is 0 Å². The van der Waals surface area contributed by atoms with Gasteiger partial charge in [-0.05, 0) is 66.4 Å². The van der Waals surface area contributed by atoms with E-state index in [0.717, 1.165) is 51.6 Å². The number of carbonyl (C=O) groups excluding carboxylic acids is 1. The highest BCUT2D eigenvalue weighted by molar-refractivity contribution is 5.96. The molecule has 6 aromatic rings. The van der Waals surface area contributed by atoms with Gasteiger partial charge in [0.25, 0.3) is 0 Å². The van der Waals surface area contributed by atoms with Gasteiger partial charge < -0.3 is 19.5 Å². The van der Waals surface area contributed by atoms with Crippen molar-refractivity contribution in [1.29, 1.82) is 0 Å². The second-order valence-corrected chi connectivity index (χ2v) is 10.5. The molecule has 8 nitrogen and oxygen atoms in total. The van der Waals surface area contributed by atoms with E-state index < -0.39 is 11.9 Å². The average Bonchev–Trinajstić information content (AvgIpc) is 3.40. The van der Waals surface area contributed by atoms with E-state index in [-0.39, 0.29) is 29.1 Å². The number of para-hydroxylation sites is 1. The first kappa shape index (κ1) is 30.7. The Labute approximate surface area is 260 Å². The Bertz CT molecular complexity index is 1980. The van der Waals surface area contributed by atoms with Crippen molar-refractivity contribution in [3.63, 3.8) is 0 Å². The number of ether oxygens (including phenoxy) is 1. The number of hydrogen-bond donors (Lipinski definition) is 2. The Morgan fingerprint density at radius 2 is 1.49 bits per heavy atom. The normalized spacial score (nSPS) is 10.7. The molecule has 0 atom stereocenters. The molecule has 0 saturated carbocycles. The number of rotatable bonds is 8. The molecule has 0 spiro atoms. The SMILES string of the molecule is COC(=O)Cc1cn(CCc2ccccc2)c2ccc(-c3ccc4ccccc4n3)cc12.Cc1c(C(=O)O)cccc1C(=O)O. The summed E-state index contributed by atoms with van der Waals surface area (Å²) in [5, 5.41) is 19.5. The third-order valence-corrected chi connectivity index (χ3v) is 7.70. The number of nitrogens with zero attached hydrogens (tertiary/aromatic N) is 2. The smallest absolute Gasteiger partial charge is 0.335 e. The highest BCUT2D eigenvalue weighted by atomic mass is 16.5. The van der Waals surface area contributed by atoms with E-state index in [0.29, 0.717) is 0 Å². The molecule has 226 valence electrons. The van der Waals surface area contributed by atoms with E-state index in [4.69, 9.17) is 19.9 Å². The zero-order valence-electron chi connectivity index (χ0n) is 24.9. The summed E-state index contributed by atoms with van der Waals surface area (Å²) in [5.74, 6) is -2.46. The summed E-state index contributed by atoms with van der Waals surface area (Å²) in [6.45, 7) is 2.32. The molecular formula is C37H32N2O6. The number of methoxy groups -OCH3 is 1. The van der Waals surface area contributed by atoms with Gasteiger partial charge in [-0.3, -0.25) is 4.79 Å². The van der Waals surface area contributed by atoms with Crippen molar-refractivity contribution in [2.75, 3.05) is 7.11 Å². The van der Waals surface area contributed by atoms with Crippen LogP contribution in [0.15, 0.2) is 109 Å². The van der Waals surface area contributed by atoms with Crippen molar-refractivity contribution < 1.29 is 29.3 Å². The first-order valence-corrected chi connectivity index (χ1v) is 14.4. The van der Waals surface area contributed by atoms with Crippen LogP contribution in [0.25, 0.3) is 33.1 Å². The number of aromatic nitrogens is 2. The highest BCUT2D eigenvalue weighted by Gasteiger charge is 2.15. The van der Waals surface area contributed by atoms with Crippen LogP contribution < -0.4 is 0 Å². The largest absolute Gasteiger partial charge is 0.478 e. The highest BCUT2D eigenvalue weighted by Crippen LogP contribution is 2.29. The fourth-order valence-electron chi connectivity index (χ4n) is 5.30. The number of pyridine rings is 1. The predicted octanol–water partition coefficient (Wildman–Crippen LogP) is 7.21. The molecule has 4 aromatic carbocycles. The number of aryl methyl sites for hydroxylation is 2. The van der Waals surface area contributed by atoms with Crippen molar-refractivity contribution in [3.05, 3.63) is 137 Å². The molecule has 0 aliphatic rings. The van der Waals surface area contributed by atoms with E-state index >= 15 is 0 Å². The van der Waals surface area contributed by atoms with Crippen molar-refractivity contribution >= 4 is 39.7 Å². The third kappa shape index (κ3) is 7.08. The molecule has 0 amide bonds. The lowest BCUT2D eigenvalue weighted by Crippen LogP contribution is -2.06. The molecule has 2 N–H and O–H groups in total. The van der Waals surface area contributed by atoms with Crippen LogP contribution in [-0.2, 0) is 28.9 Å². The van der Waals surface area contributed by atoms with Crippen molar-refractivity contribution in [1.82, 2.24) is 9.55 Å². The molecule has 2 aromatic heterocycles. The summed E-state index contributed by atoms with van der Waals surface area (Å²) < 4.78 is 7.18. The molecule has 2 heterocycles. The minimum atomic E-state index is -1.11. The van der Waals surface area contributed by atoms with Crippen LogP contribution >= 0.6 is 0 Å². The third-order valence-electron chi connectivity index (χ3n) is 7.70. The number of carboxylic acid groups (broad SMARTS) is 2. The predicted molar refractivity (Wildman–Crippen MR) is 174 cm³/mol. The lowest BCUT2D eigenvalue weighted by atomic mass is 10.0. The summed E-state index contributed by atoms with van der Waals surface area (Å²) in [7, 11) is 1.43. The maximum absolute atomic E-state index is 12.1. The topological polar surface area (TPSA) is 119 Å². The molecular weight excluding hydrogens is 568 g/mol. The van der Waals surface area contributed by atoms with E-state index in [1.54, 1.807) is 0 Å². The summed E-state index contributed by atoms with van der Waals surface area (Å²) in [6.07, 6.45) is 3.26. The monoisotopic (exact) mass is 600 g/mol. The Morgan fingerprint density at radius 3 is 2.18 bits per heavy atom. The average molecular weight is 601 g/mol. The van der Waals surface area contributed by atoms with Gasteiger partial charge in [-0.1, -0.05) is 66.7 Å². The van der Waals surface area contributed by atoms with E-state index in [1.165, 1.54) is 37.8 Å². The lowest BCUT2D eigenvalue weighted by molar-refractivity contribution is -0.139. The van der Waals surface area contributed by atoms with Gasteiger partial charge in [-0.2, -0.15) is 0 Å². The molecule has 8 heteroatoms. The van der Waals surface area contributed by atoms with Gasteiger partial charge in [-0.25, -0.2) is 14.6 Å². The van der Waals surface area contributed by atoms with Gasteiger partial charge in [0.2, 0.25) is 0 Å². The Hall–Kier alpha value is -5.76. The van der Waals surface area contributed by atoms with Crippen LogP contribution in [0.3, 0.4) is 0 Å². The number of carboxylic acids is 2.